The molecular formula is C13H24N4O2S3. The molecule has 22 heavy (non-hydrogen) atoms. The van der Waals surface area contributed by atoms with Crippen LogP contribution in [-0.4, -0.2) is 87.4 Å². The van der Waals surface area contributed by atoms with E-state index in [0.29, 0.717) is 43.4 Å². The molecule has 9 heteroatoms. The van der Waals surface area contributed by atoms with E-state index in [2.05, 4.69) is 37.9 Å². The Kier molecular flexibility index (Phi) is 6.46. The summed E-state index contributed by atoms with van der Waals surface area (Å²) in [4.78, 5) is 32.5. The van der Waals surface area contributed by atoms with E-state index in [1.165, 1.54) is 0 Å². The van der Waals surface area contributed by atoms with Crippen LogP contribution in [0.15, 0.2) is 0 Å². The van der Waals surface area contributed by atoms with E-state index >= 15 is 0 Å². The van der Waals surface area contributed by atoms with Gasteiger partial charge in [0.05, 0.1) is 0 Å². The molecule has 2 atom stereocenters. The van der Waals surface area contributed by atoms with Crippen LogP contribution in [0.1, 0.15) is 13.3 Å². The average molecular weight is 365 g/mol. The van der Waals surface area contributed by atoms with Gasteiger partial charge in [-0.1, -0.05) is 6.92 Å². The second-order valence-corrected chi connectivity index (χ2v) is 6.68. The van der Waals surface area contributed by atoms with Crippen molar-refractivity contribution in [3.05, 3.63) is 0 Å². The molecule has 2 saturated heterocycles. The second-order valence-electron chi connectivity index (χ2n) is 5.34. The Labute approximate surface area is 148 Å². The van der Waals surface area contributed by atoms with Gasteiger partial charge in [0.1, 0.15) is 12.3 Å². The number of urea groups is 2. The van der Waals surface area contributed by atoms with E-state index in [-0.39, 0.29) is 24.4 Å². The van der Waals surface area contributed by atoms with Gasteiger partial charge in [0.25, 0.3) is 0 Å². The summed E-state index contributed by atoms with van der Waals surface area (Å²) in [6, 6.07) is -0.0393. The highest BCUT2D eigenvalue weighted by Crippen LogP contribution is 2.35. The fraction of sp³-hybridized carbons (Fsp3) is 0.846. The van der Waals surface area contributed by atoms with Crippen molar-refractivity contribution in [2.75, 3.05) is 43.4 Å². The third-order valence-corrected chi connectivity index (χ3v) is 4.61. The van der Waals surface area contributed by atoms with Crippen LogP contribution in [0.5, 0.6) is 0 Å². The van der Waals surface area contributed by atoms with Gasteiger partial charge in [0.15, 0.2) is 0 Å². The first kappa shape index (κ1) is 17.9. The Balaban J connectivity index is 2.36. The highest BCUT2D eigenvalue weighted by molar-refractivity contribution is 7.80. The van der Waals surface area contributed by atoms with Gasteiger partial charge in [-0.3, -0.25) is 14.7 Å². The molecule has 0 aliphatic carbocycles. The van der Waals surface area contributed by atoms with E-state index in [1.807, 2.05) is 11.8 Å². The van der Waals surface area contributed by atoms with E-state index in [9.17, 15) is 9.59 Å². The van der Waals surface area contributed by atoms with E-state index < -0.39 is 0 Å². The lowest BCUT2D eigenvalue weighted by Crippen LogP contribution is -2.48. The van der Waals surface area contributed by atoms with Crippen molar-refractivity contribution >= 4 is 49.9 Å². The summed E-state index contributed by atoms with van der Waals surface area (Å²) in [7, 11) is 0. The van der Waals surface area contributed by atoms with Crippen molar-refractivity contribution in [2.45, 2.75) is 25.7 Å². The molecule has 2 heterocycles. The Morgan fingerprint density at radius 1 is 0.727 bits per heavy atom. The summed E-state index contributed by atoms with van der Waals surface area (Å²) in [5.74, 6) is 1.72. The molecule has 2 fully saturated rings. The average Bonchev–Trinajstić information content (AvgIpc) is 2.90. The van der Waals surface area contributed by atoms with Crippen LogP contribution in [0.2, 0.25) is 0 Å². The second kappa shape index (κ2) is 7.92. The Morgan fingerprint density at radius 3 is 1.32 bits per heavy atom. The van der Waals surface area contributed by atoms with Crippen LogP contribution in [0.25, 0.3) is 0 Å². The molecule has 2 aliphatic heterocycles. The lowest BCUT2D eigenvalue weighted by atomic mass is 10.3. The zero-order valence-corrected chi connectivity index (χ0v) is 15.4. The zero-order valence-electron chi connectivity index (χ0n) is 12.8. The van der Waals surface area contributed by atoms with Gasteiger partial charge in [-0.05, 0) is 6.42 Å². The highest BCUT2D eigenvalue weighted by atomic mass is 32.1. The molecule has 0 radical (unpaired) electrons. The molecule has 2 rings (SSSR count). The highest BCUT2D eigenvalue weighted by Gasteiger charge is 2.57. The number of nitrogens with zero attached hydrogens (tertiary/aromatic N) is 4. The van der Waals surface area contributed by atoms with Gasteiger partial charge < -0.3 is 4.90 Å². The van der Waals surface area contributed by atoms with Crippen LogP contribution in [0.4, 0.5) is 9.59 Å². The number of carbonyl (C=O) groups is 2. The van der Waals surface area contributed by atoms with Gasteiger partial charge in [0, 0.05) is 43.4 Å². The van der Waals surface area contributed by atoms with Crippen molar-refractivity contribution in [3.8, 4) is 0 Å². The molecule has 0 N–H and O–H groups in total. The van der Waals surface area contributed by atoms with Crippen LogP contribution in [-0.2, 0) is 0 Å². The fourth-order valence-corrected chi connectivity index (χ4v) is 3.89. The third-order valence-electron chi connectivity index (χ3n) is 4.01. The number of fused-ring (bicyclic) bond motifs is 1. The summed E-state index contributed by atoms with van der Waals surface area (Å²) < 4.78 is 0. The molecule has 0 aromatic heterocycles. The van der Waals surface area contributed by atoms with Gasteiger partial charge in [-0.25, -0.2) is 9.59 Å². The van der Waals surface area contributed by atoms with E-state index in [1.54, 1.807) is 14.7 Å². The minimum atomic E-state index is -0.245. The molecular weight excluding hydrogens is 340 g/mol. The summed E-state index contributed by atoms with van der Waals surface area (Å²) in [6.07, 6.45) is 0.386. The fourth-order valence-electron chi connectivity index (χ4n) is 3.24. The smallest absolute Gasteiger partial charge is 0.300 e. The summed E-state index contributed by atoms with van der Waals surface area (Å²) in [6.45, 7) is 4.29. The van der Waals surface area contributed by atoms with Gasteiger partial charge in [-0.2, -0.15) is 37.9 Å². The van der Waals surface area contributed by atoms with Crippen molar-refractivity contribution in [2.24, 2.45) is 0 Å². The molecule has 6 nitrogen and oxygen atoms in total. The standard InChI is InChI=1S/C13H24N4O2S3/c1-2-3-14-10-11(16(5-8-21)12(14)18)17(6-9-22)13(19)15(10)4-7-20/h10-11,20-22H,2-9H2,1H3. The van der Waals surface area contributed by atoms with Crippen LogP contribution in [0, 0.1) is 0 Å². The lowest BCUT2D eigenvalue weighted by molar-refractivity contribution is 0.132. The first-order valence-corrected chi connectivity index (χ1v) is 9.49. The lowest BCUT2D eigenvalue weighted by Gasteiger charge is -2.29. The van der Waals surface area contributed by atoms with Crippen molar-refractivity contribution in [1.29, 1.82) is 0 Å². The molecule has 0 spiro atoms. The molecule has 126 valence electrons. The maximum atomic E-state index is 12.7. The topological polar surface area (TPSA) is 47.1 Å². The summed E-state index contributed by atoms with van der Waals surface area (Å²) in [5, 5.41) is 0. The number of rotatable bonds is 8. The number of thiol groups is 3. The first-order chi connectivity index (χ1) is 10.6. The largest absolute Gasteiger partial charge is 0.323 e. The molecule has 2 unspecified atom stereocenters. The van der Waals surface area contributed by atoms with Crippen molar-refractivity contribution in [3.63, 3.8) is 0 Å². The van der Waals surface area contributed by atoms with Crippen molar-refractivity contribution in [1.82, 2.24) is 19.6 Å². The Bertz CT molecular complexity index is 356. The third kappa shape index (κ3) is 2.99. The Hall–Kier alpha value is -0.410. The van der Waals surface area contributed by atoms with Gasteiger partial charge >= 0.3 is 12.1 Å². The number of amides is 4. The maximum Gasteiger partial charge on any atom is 0.323 e. The van der Waals surface area contributed by atoms with E-state index in [4.69, 9.17) is 0 Å². The van der Waals surface area contributed by atoms with Crippen molar-refractivity contribution < 1.29 is 9.59 Å². The molecule has 0 aromatic carbocycles. The van der Waals surface area contributed by atoms with Crippen LogP contribution >= 0.6 is 37.9 Å². The molecule has 0 aromatic rings. The molecule has 0 bridgehead atoms. The Morgan fingerprint density at radius 2 is 1.05 bits per heavy atom. The number of carbonyl (C=O) groups excluding carboxylic acids is 2. The summed E-state index contributed by atoms with van der Waals surface area (Å²) in [5.41, 5.74) is 0. The number of hydrogen-bond donors (Lipinski definition) is 3. The SMILES string of the molecule is CCCN1C(=O)N(CCS)C2C1N(CCS)C(=O)N2CCS. The van der Waals surface area contributed by atoms with Crippen LogP contribution in [0.3, 0.4) is 0 Å². The minimum Gasteiger partial charge on any atom is -0.300 e. The molecule has 4 amide bonds. The zero-order chi connectivity index (χ0) is 16.3. The van der Waals surface area contributed by atoms with Gasteiger partial charge in [-0.15, -0.1) is 0 Å². The monoisotopic (exact) mass is 364 g/mol. The van der Waals surface area contributed by atoms with Gasteiger partial charge in [0.2, 0.25) is 0 Å². The molecule has 2 aliphatic rings. The predicted molar refractivity (Wildman–Crippen MR) is 97.0 cm³/mol. The van der Waals surface area contributed by atoms with Crippen LogP contribution < -0.4 is 0 Å². The normalized spacial score (nSPS) is 24.7. The minimum absolute atomic E-state index is 0.00766. The predicted octanol–water partition coefficient (Wildman–Crippen LogP) is 1.31. The number of hydrogen-bond acceptors (Lipinski definition) is 5. The molecule has 0 saturated carbocycles. The first-order valence-electron chi connectivity index (χ1n) is 7.59. The van der Waals surface area contributed by atoms with E-state index in [0.717, 1.165) is 6.42 Å². The summed E-state index contributed by atoms with van der Waals surface area (Å²) >= 11 is 12.8. The quantitative estimate of drug-likeness (QED) is 0.569. The maximum absolute atomic E-state index is 12.7.